The minimum absolute atomic E-state index is 0.271. The predicted molar refractivity (Wildman–Crippen MR) is 51.3 cm³/mol. The Bertz CT molecular complexity index is 325. The molecule has 0 N–H and O–H groups in total. The second kappa shape index (κ2) is 4.28. The lowest BCUT2D eigenvalue weighted by atomic mass is 10.4. The van der Waals surface area contributed by atoms with Gasteiger partial charge in [-0.15, -0.1) is 10.2 Å². The zero-order valence-electron chi connectivity index (χ0n) is 7.98. The number of aryl methyl sites for hydroxylation is 1. The van der Waals surface area contributed by atoms with Crippen LogP contribution in [-0.4, -0.2) is 20.0 Å². The van der Waals surface area contributed by atoms with E-state index < -0.39 is 0 Å². The van der Waals surface area contributed by atoms with Crippen LogP contribution in [0, 0.1) is 18.3 Å². The van der Waals surface area contributed by atoms with Gasteiger partial charge in [0.15, 0.2) is 5.16 Å². The number of nitrogens with zero attached hydrogens (tertiary/aromatic N) is 4. The van der Waals surface area contributed by atoms with Gasteiger partial charge in [-0.2, -0.15) is 5.26 Å². The third-order valence-corrected chi connectivity index (χ3v) is 2.87. The van der Waals surface area contributed by atoms with E-state index in [-0.39, 0.29) is 5.25 Å². The lowest BCUT2D eigenvalue weighted by Gasteiger charge is -2.05. The highest BCUT2D eigenvalue weighted by Crippen LogP contribution is 2.22. The Morgan fingerprint density at radius 2 is 2.31 bits per heavy atom. The highest BCUT2D eigenvalue weighted by Gasteiger charge is 2.09. The highest BCUT2D eigenvalue weighted by molar-refractivity contribution is 7.99. The quantitative estimate of drug-likeness (QED) is 0.688. The monoisotopic (exact) mass is 196 g/mol. The van der Waals surface area contributed by atoms with Crippen molar-refractivity contribution in [3.63, 3.8) is 0 Å². The van der Waals surface area contributed by atoms with Crippen LogP contribution in [0.1, 0.15) is 19.2 Å². The Kier molecular flexibility index (Phi) is 3.32. The summed E-state index contributed by atoms with van der Waals surface area (Å²) in [5.74, 6) is 0.895. The van der Waals surface area contributed by atoms with Gasteiger partial charge in [-0.1, -0.05) is 18.7 Å². The van der Waals surface area contributed by atoms with E-state index in [1.807, 2.05) is 25.5 Å². The molecule has 0 spiro atoms. The van der Waals surface area contributed by atoms with Crippen LogP contribution in [0.25, 0.3) is 0 Å². The van der Waals surface area contributed by atoms with Crippen molar-refractivity contribution in [2.24, 2.45) is 7.05 Å². The van der Waals surface area contributed by atoms with E-state index in [0.717, 1.165) is 11.0 Å². The normalized spacial score (nSPS) is 12.5. The number of hydrogen-bond donors (Lipinski definition) is 0. The molecule has 0 radical (unpaired) electrons. The first kappa shape index (κ1) is 10.1. The van der Waals surface area contributed by atoms with E-state index in [0.29, 0.717) is 6.42 Å². The fraction of sp³-hybridized carbons (Fsp3) is 0.625. The zero-order chi connectivity index (χ0) is 9.84. The molecule has 13 heavy (non-hydrogen) atoms. The van der Waals surface area contributed by atoms with Gasteiger partial charge >= 0.3 is 0 Å². The summed E-state index contributed by atoms with van der Waals surface area (Å²) in [6.07, 6.45) is 0.538. The summed E-state index contributed by atoms with van der Waals surface area (Å²) in [4.78, 5) is 0. The Balaban J connectivity index is 2.65. The van der Waals surface area contributed by atoms with E-state index in [1.165, 1.54) is 0 Å². The van der Waals surface area contributed by atoms with Crippen molar-refractivity contribution in [1.29, 1.82) is 5.26 Å². The SMILES string of the molecule is Cc1nnc(SC(C)CC#N)n1C. The number of rotatable bonds is 3. The van der Waals surface area contributed by atoms with E-state index in [9.17, 15) is 0 Å². The summed E-state index contributed by atoms with van der Waals surface area (Å²) in [6.45, 7) is 3.92. The van der Waals surface area contributed by atoms with Crippen LogP contribution in [0.5, 0.6) is 0 Å². The van der Waals surface area contributed by atoms with Gasteiger partial charge < -0.3 is 4.57 Å². The zero-order valence-corrected chi connectivity index (χ0v) is 8.80. The van der Waals surface area contributed by atoms with Crippen LogP contribution in [-0.2, 0) is 7.05 Å². The predicted octanol–water partition coefficient (Wildman–Crippen LogP) is 1.52. The first-order valence-corrected chi connectivity index (χ1v) is 4.92. The molecule has 0 saturated heterocycles. The van der Waals surface area contributed by atoms with Crippen molar-refractivity contribution in [1.82, 2.24) is 14.8 Å². The van der Waals surface area contributed by atoms with E-state index in [1.54, 1.807) is 11.8 Å². The lowest BCUT2D eigenvalue weighted by molar-refractivity contribution is 0.761. The molecule has 1 aromatic heterocycles. The molecule has 5 heteroatoms. The first-order chi connectivity index (χ1) is 6.15. The van der Waals surface area contributed by atoms with Crippen molar-refractivity contribution in [3.05, 3.63) is 5.82 Å². The van der Waals surface area contributed by atoms with Gasteiger partial charge in [-0.25, -0.2) is 0 Å². The maximum atomic E-state index is 8.48. The molecule has 1 aromatic rings. The minimum Gasteiger partial charge on any atom is -0.309 e. The van der Waals surface area contributed by atoms with Gasteiger partial charge in [-0.3, -0.25) is 0 Å². The smallest absolute Gasteiger partial charge is 0.191 e. The Morgan fingerprint density at radius 3 is 2.77 bits per heavy atom. The van der Waals surface area contributed by atoms with Gasteiger partial charge in [0, 0.05) is 18.7 Å². The second-order valence-electron chi connectivity index (χ2n) is 2.88. The van der Waals surface area contributed by atoms with Crippen LogP contribution in [0.4, 0.5) is 0 Å². The number of aromatic nitrogens is 3. The summed E-state index contributed by atoms with van der Waals surface area (Å²) in [5.41, 5.74) is 0. The molecule has 1 unspecified atom stereocenters. The molecule has 0 aliphatic heterocycles. The highest BCUT2D eigenvalue weighted by atomic mass is 32.2. The van der Waals surface area contributed by atoms with E-state index in [4.69, 9.17) is 5.26 Å². The Morgan fingerprint density at radius 1 is 1.62 bits per heavy atom. The Labute approximate surface area is 82.0 Å². The molecule has 0 amide bonds. The summed E-state index contributed by atoms with van der Waals surface area (Å²) in [6, 6.07) is 2.14. The molecule has 0 aromatic carbocycles. The van der Waals surface area contributed by atoms with Gasteiger partial charge in [0.25, 0.3) is 0 Å². The number of nitriles is 1. The lowest BCUT2D eigenvalue weighted by Crippen LogP contribution is -1.99. The molecule has 0 saturated carbocycles. The van der Waals surface area contributed by atoms with Gasteiger partial charge in [0.2, 0.25) is 0 Å². The van der Waals surface area contributed by atoms with E-state index >= 15 is 0 Å². The fourth-order valence-electron chi connectivity index (χ4n) is 0.841. The molecular formula is C8H12N4S. The van der Waals surface area contributed by atoms with Crippen LogP contribution in [0.2, 0.25) is 0 Å². The first-order valence-electron chi connectivity index (χ1n) is 4.04. The van der Waals surface area contributed by atoms with Crippen molar-refractivity contribution in [3.8, 4) is 6.07 Å². The number of thioether (sulfide) groups is 1. The van der Waals surface area contributed by atoms with Crippen molar-refractivity contribution in [2.75, 3.05) is 0 Å². The largest absolute Gasteiger partial charge is 0.309 e. The summed E-state index contributed by atoms with van der Waals surface area (Å²) < 4.78 is 1.93. The average molecular weight is 196 g/mol. The number of hydrogen-bond acceptors (Lipinski definition) is 4. The molecule has 1 rings (SSSR count). The molecule has 0 bridgehead atoms. The van der Waals surface area contributed by atoms with Crippen LogP contribution < -0.4 is 0 Å². The van der Waals surface area contributed by atoms with Crippen molar-refractivity contribution >= 4 is 11.8 Å². The third-order valence-electron chi connectivity index (χ3n) is 1.74. The van der Waals surface area contributed by atoms with Gasteiger partial charge in [-0.05, 0) is 6.92 Å². The molecule has 1 atom stereocenters. The molecule has 1 heterocycles. The second-order valence-corrected chi connectivity index (χ2v) is 4.29. The summed E-state index contributed by atoms with van der Waals surface area (Å²) >= 11 is 1.58. The average Bonchev–Trinajstić information content (AvgIpc) is 2.37. The van der Waals surface area contributed by atoms with Gasteiger partial charge in [0.1, 0.15) is 5.82 Å². The van der Waals surface area contributed by atoms with E-state index in [2.05, 4.69) is 16.3 Å². The molecular weight excluding hydrogens is 184 g/mol. The minimum atomic E-state index is 0.271. The van der Waals surface area contributed by atoms with Gasteiger partial charge in [0.05, 0.1) is 6.07 Å². The summed E-state index contributed by atoms with van der Waals surface area (Å²) in [7, 11) is 1.93. The molecule has 0 fully saturated rings. The standard InChI is InChI=1S/C8H12N4S/c1-6(4-5-9)13-8-11-10-7(2)12(8)3/h6H,4H2,1-3H3. The Hall–Kier alpha value is -1.02. The molecule has 70 valence electrons. The van der Waals surface area contributed by atoms with Crippen LogP contribution in [0.3, 0.4) is 0 Å². The topological polar surface area (TPSA) is 54.5 Å². The third kappa shape index (κ3) is 2.46. The van der Waals surface area contributed by atoms with Crippen molar-refractivity contribution in [2.45, 2.75) is 30.7 Å². The maximum Gasteiger partial charge on any atom is 0.191 e. The molecule has 0 aliphatic rings. The molecule has 0 aliphatic carbocycles. The fourth-order valence-corrected chi connectivity index (χ4v) is 1.74. The molecule has 4 nitrogen and oxygen atoms in total. The van der Waals surface area contributed by atoms with Crippen molar-refractivity contribution < 1.29 is 0 Å². The van der Waals surface area contributed by atoms with Crippen LogP contribution >= 0.6 is 11.8 Å². The maximum absolute atomic E-state index is 8.48. The summed E-state index contributed by atoms with van der Waals surface area (Å²) in [5, 5.41) is 17.6. The van der Waals surface area contributed by atoms with Crippen LogP contribution in [0.15, 0.2) is 5.16 Å².